The van der Waals surface area contributed by atoms with E-state index in [0.29, 0.717) is 10.9 Å². The lowest BCUT2D eigenvalue weighted by molar-refractivity contribution is 0.104. The lowest BCUT2D eigenvalue weighted by Crippen LogP contribution is -1.95. The molecule has 0 aliphatic carbocycles. The van der Waals surface area contributed by atoms with E-state index < -0.39 is 0 Å². The van der Waals surface area contributed by atoms with Gasteiger partial charge in [0.15, 0.2) is 5.78 Å². The maximum absolute atomic E-state index is 12.3. The van der Waals surface area contributed by atoms with Crippen molar-refractivity contribution < 1.29 is 9.90 Å². The normalized spacial score (nSPS) is 11.1. The highest BCUT2D eigenvalue weighted by Crippen LogP contribution is 2.29. The number of fused-ring (bicyclic) bond motifs is 1. The fourth-order valence-electron chi connectivity index (χ4n) is 2.29. The molecule has 0 atom stereocenters. The Balaban J connectivity index is 1.92. The first-order chi connectivity index (χ1) is 10.6. The van der Waals surface area contributed by atoms with Gasteiger partial charge in [0.05, 0.1) is 5.56 Å². The summed E-state index contributed by atoms with van der Waals surface area (Å²) in [5, 5.41) is 11.9. The summed E-state index contributed by atoms with van der Waals surface area (Å²) >= 11 is 3.37. The second kappa shape index (κ2) is 6.16. The number of halogens is 1. The van der Waals surface area contributed by atoms with Crippen LogP contribution in [0, 0.1) is 0 Å². The predicted molar refractivity (Wildman–Crippen MR) is 93.1 cm³/mol. The van der Waals surface area contributed by atoms with E-state index in [1.54, 1.807) is 18.2 Å². The van der Waals surface area contributed by atoms with Gasteiger partial charge in [0.25, 0.3) is 0 Å². The Morgan fingerprint density at radius 3 is 2.45 bits per heavy atom. The Hall–Kier alpha value is -2.39. The van der Waals surface area contributed by atoms with E-state index in [-0.39, 0.29) is 11.5 Å². The third-order valence-electron chi connectivity index (χ3n) is 3.46. The van der Waals surface area contributed by atoms with Crippen molar-refractivity contribution >= 4 is 38.6 Å². The third-order valence-corrected chi connectivity index (χ3v) is 3.99. The molecule has 0 radical (unpaired) electrons. The summed E-state index contributed by atoms with van der Waals surface area (Å²) in [7, 11) is 0. The van der Waals surface area contributed by atoms with Crippen LogP contribution in [0.2, 0.25) is 0 Å². The predicted octanol–water partition coefficient (Wildman–Crippen LogP) is 5.20. The van der Waals surface area contributed by atoms with Gasteiger partial charge in [-0.15, -0.1) is 0 Å². The van der Waals surface area contributed by atoms with Gasteiger partial charge in [-0.1, -0.05) is 64.5 Å². The summed E-state index contributed by atoms with van der Waals surface area (Å²) < 4.78 is 0.989. The van der Waals surface area contributed by atoms with Crippen molar-refractivity contribution in [3.05, 3.63) is 82.3 Å². The molecular formula is C19H13BrO2. The monoisotopic (exact) mass is 352 g/mol. The summed E-state index contributed by atoms with van der Waals surface area (Å²) in [6.45, 7) is 0. The topological polar surface area (TPSA) is 37.3 Å². The standard InChI is InChI=1S/C19H13BrO2/c20-15-9-5-13(6-10-15)7-12-18(21)17-11-8-14-3-1-2-4-16(14)19(17)22/h1-12,22H. The average molecular weight is 353 g/mol. The van der Waals surface area contributed by atoms with Crippen molar-refractivity contribution in [2.75, 3.05) is 0 Å². The molecule has 0 saturated heterocycles. The molecule has 3 rings (SSSR count). The Bertz CT molecular complexity index is 864. The van der Waals surface area contributed by atoms with E-state index >= 15 is 0 Å². The summed E-state index contributed by atoms with van der Waals surface area (Å²) in [5.41, 5.74) is 1.24. The van der Waals surface area contributed by atoms with Crippen LogP contribution in [0.4, 0.5) is 0 Å². The van der Waals surface area contributed by atoms with Crippen LogP contribution in [0.25, 0.3) is 16.8 Å². The maximum Gasteiger partial charge on any atom is 0.189 e. The molecule has 3 aromatic rings. The number of aromatic hydroxyl groups is 1. The lowest BCUT2D eigenvalue weighted by Gasteiger charge is -2.05. The quantitative estimate of drug-likeness (QED) is 0.519. The molecule has 22 heavy (non-hydrogen) atoms. The highest BCUT2D eigenvalue weighted by atomic mass is 79.9. The number of hydrogen-bond acceptors (Lipinski definition) is 2. The molecule has 0 fully saturated rings. The molecule has 2 nitrogen and oxygen atoms in total. The van der Waals surface area contributed by atoms with Gasteiger partial charge >= 0.3 is 0 Å². The Kier molecular flexibility index (Phi) is 4.07. The van der Waals surface area contributed by atoms with Crippen molar-refractivity contribution in [1.29, 1.82) is 0 Å². The largest absolute Gasteiger partial charge is 0.507 e. The van der Waals surface area contributed by atoms with E-state index in [0.717, 1.165) is 15.4 Å². The van der Waals surface area contributed by atoms with Gasteiger partial charge in [0, 0.05) is 9.86 Å². The summed E-state index contributed by atoms with van der Waals surface area (Å²) in [4.78, 5) is 12.3. The number of carbonyl (C=O) groups is 1. The molecule has 0 spiro atoms. The molecule has 0 unspecified atom stereocenters. The van der Waals surface area contributed by atoms with E-state index in [1.165, 1.54) is 6.08 Å². The summed E-state index contributed by atoms with van der Waals surface area (Å²) in [6, 6.07) is 18.6. The van der Waals surface area contributed by atoms with Crippen molar-refractivity contribution in [2.45, 2.75) is 0 Å². The van der Waals surface area contributed by atoms with Crippen LogP contribution in [0.3, 0.4) is 0 Å². The summed E-state index contributed by atoms with van der Waals surface area (Å²) in [5.74, 6) is -0.185. The first kappa shape index (κ1) is 14.5. The summed E-state index contributed by atoms with van der Waals surface area (Å²) in [6.07, 6.45) is 3.22. The smallest absolute Gasteiger partial charge is 0.189 e. The molecular weight excluding hydrogens is 340 g/mol. The molecule has 0 heterocycles. The molecule has 108 valence electrons. The van der Waals surface area contributed by atoms with E-state index in [9.17, 15) is 9.90 Å². The zero-order chi connectivity index (χ0) is 15.5. The molecule has 0 aliphatic heterocycles. The van der Waals surface area contributed by atoms with Crippen LogP contribution in [0.5, 0.6) is 5.75 Å². The molecule has 0 saturated carbocycles. The van der Waals surface area contributed by atoms with Crippen molar-refractivity contribution in [3.63, 3.8) is 0 Å². The molecule has 0 bridgehead atoms. The van der Waals surface area contributed by atoms with E-state index in [1.807, 2.05) is 48.5 Å². The van der Waals surface area contributed by atoms with Crippen LogP contribution >= 0.6 is 15.9 Å². The van der Waals surface area contributed by atoms with Crippen molar-refractivity contribution in [1.82, 2.24) is 0 Å². The van der Waals surface area contributed by atoms with E-state index in [2.05, 4.69) is 15.9 Å². The second-order valence-electron chi connectivity index (χ2n) is 4.93. The number of phenolic OH excluding ortho intramolecular Hbond substituents is 1. The number of phenols is 1. The van der Waals surface area contributed by atoms with Gasteiger partial charge in [-0.3, -0.25) is 4.79 Å². The Labute approximate surface area is 136 Å². The molecule has 3 heteroatoms. The fourth-order valence-corrected chi connectivity index (χ4v) is 2.55. The SMILES string of the molecule is O=C(C=Cc1ccc(Br)cc1)c1ccc2ccccc2c1O. The molecule has 1 N–H and O–H groups in total. The third kappa shape index (κ3) is 2.95. The first-order valence-electron chi connectivity index (χ1n) is 6.84. The Morgan fingerprint density at radius 1 is 0.955 bits per heavy atom. The number of allylic oxidation sites excluding steroid dienone is 1. The maximum atomic E-state index is 12.3. The van der Waals surface area contributed by atoms with Gasteiger partial charge in [0.2, 0.25) is 0 Å². The minimum Gasteiger partial charge on any atom is -0.507 e. The number of ketones is 1. The Morgan fingerprint density at radius 2 is 1.68 bits per heavy atom. The molecule has 0 aromatic heterocycles. The lowest BCUT2D eigenvalue weighted by atomic mass is 10.0. The minimum atomic E-state index is -0.217. The number of benzene rings is 3. The van der Waals surface area contributed by atoms with Crippen LogP contribution < -0.4 is 0 Å². The number of hydrogen-bond donors (Lipinski definition) is 1. The van der Waals surface area contributed by atoms with Gasteiger partial charge in [-0.05, 0) is 35.2 Å². The van der Waals surface area contributed by atoms with Gasteiger partial charge in [-0.25, -0.2) is 0 Å². The zero-order valence-corrected chi connectivity index (χ0v) is 13.2. The highest BCUT2D eigenvalue weighted by Gasteiger charge is 2.11. The van der Waals surface area contributed by atoms with Crippen LogP contribution in [0.15, 0.2) is 71.2 Å². The second-order valence-corrected chi connectivity index (χ2v) is 5.85. The molecule has 3 aromatic carbocycles. The fraction of sp³-hybridized carbons (Fsp3) is 0. The first-order valence-corrected chi connectivity index (χ1v) is 7.63. The highest BCUT2D eigenvalue weighted by molar-refractivity contribution is 9.10. The zero-order valence-electron chi connectivity index (χ0n) is 11.7. The molecule has 0 aliphatic rings. The van der Waals surface area contributed by atoms with Gasteiger partial charge in [-0.2, -0.15) is 0 Å². The van der Waals surface area contributed by atoms with E-state index in [4.69, 9.17) is 0 Å². The number of carbonyl (C=O) groups excluding carboxylic acids is 1. The van der Waals surface area contributed by atoms with Crippen LogP contribution in [0.1, 0.15) is 15.9 Å². The average Bonchev–Trinajstić information content (AvgIpc) is 2.55. The number of rotatable bonds is 3. The minimum absolute atomic E-state index is 0.0311. The van der Waals surface area contributed by atoms with Crippen molar-refractivity contribution in [2.24, 2.45) is 0 Å². The van der Waals surface area contributed by atoms with Crippen molar-refractivity contribution in [3.8, 4) is 5.75 Å². The van der Waals surface area contributed by atoms with Crippen LogP contribution in [-0.2, 0) is 0 Å². The molecule has 0 amide bonds. The van der Waals surface area contributed by atoms with Gasteiger partial charge < -0.3 is 5.11 Å². The van der Waals surface area contributed by atoms with Gasteiger partial charge in [0.1, 0.15) is 5.75 Å². The van der Waals surface area contributed by atoms with Crippen LogP contribution in [-0.4, -0.2) is 10.9 Å².